The first-order valence-corrected chi connectivity index (χ1v) is 5.12. The number of carbonyl (C=O) groups excluding carboxylic acids is 2. The number of primary amides is 1. The lowest BCUT2D eigenvalue weighted by Gasteiger charge is -2.22. The van der Waals surface area contributed by atoms with Crippen LogP contribution < -0.4 is 11.1 Å². The standard InChI is InChI=1S/C10H18N2O5/c1-10(2,3)17-9(16)12-6(8(11)15)4-5-7(13)14/h6H,4-5H2,1-3H3,(H2,11,15)(H,12,16)(H,13,14). The van der Waals surface area contributed by atoms with Gasteiger partial charge in [-0.3, -0.25) is 9.59 Å². The molecule has 17 heavy (non-hydrogen) atoms. The summed E-state index contributed by atoms with van der Waals surface area (Å²) in [5.74, 6) is -1.86. The molecule has 1 atom stereocenters. The Bertz CT molecular complexity index is 308. The summed E-state index contributed by atoms with van der Waals surface area (Å²) in [6, 6.07) is -1.04. The van der Waals surface area contributed by atoms with Crippen molar-refractivity contribution in [3.05, 3.63) is 0 Å². The zero-order valence-corrected chi connectivity index (χ0v) is 10.1. The van der Waals surface area contributed by atoms with Gasteiger partial charge in [-0.25, -0.2) is 4.79 Å². The molecule has 7 nitrogen and oxygen atoms in total. The summed E-state index contributed by atoms with van der Waals surface area (Å²) in [6.07, 6.45) is -1.13. The lowest BCUT2D eigenvalue weighted by atomic mass is 10.1. The maximum atomic E-state index is 11.3. The number of aliphatic carboxylic acids is 1. The van der Waals surface area contributed by atoms with Crippen molar-refractivity contribution >= 4 is 18.0 Å². The second-order valence-electron chi connectivity index (χ2n) is 4.53. The molecule has 0 rings (SSSR count). The molecule has 7 heteroatoms. The summed E-state index contributed by atoms with van der Waals surface area (Å²) in [7, 11) is 0. The number of nitrogens with two attached hydrogens (primary N) is 1. The lowest BCUT2D eigenvalue weighted by molar-refractivity contribution is -0.137. The minimum Gasteiger partial charge on any atom is -0.481 e. The molecule has 0 aliphatic rings. The van der Waals surface area contributed by atoms with Crippen LogP contribution in [0.3, 0.4) is 0 Å². The Kier molecular flexibility index (Phi) is 5.43. The third-order valence-corrected chi connectivity index (χ3v) is 1.68. The Labute approximate surface area is 99.3 Å². The topological polar surface area (TPSA) is 119 Å². The van der Waals surface area contributed by atoms with Crippen molar-refractivity contribution in [2.45, 2.75) is 45.3 Å². The molecule has 4 N–H and O–H groups in total. The maximum Gasteiger partial charge on any atom is 0.408 e. The molecule has 0 heterocycles. The lowest BCUT2D eigenvalue weighted by Crippen LogP contribution is -2.46. The molecular weight excluding hydrogens is 228 g/mol. The van der Waals surface area contributed by atoms with E-state index in [1.54, 1.807) is 20.8 Å². The van der Waals surface area contributed by atoms with Gasteiger partial charge in [0.25, 0.3) is 0 Å². The number of carbonyl (C=O) groups is 3. The summed E-state index contributed by atoms with van der Waals surface area (Å²) in [6.45, 7) is 5.01. The fourth-order valence-electron chi connectivity index (χ4n) is 1.00. The summed E-state index contributed by atoms with van der Waals surface area (Å²) in [5.41, 5.74) is 4.34. The monoisotopic (exact) mass is 246 g/mol. The van der Waals surface area contributed by atoms with Crippen LogP contribution >= 0.6 is 0 Å². The van der Waals surface area contributed by atoms with Gasteiger partial charge in [-0.1, -0.05) is 0 Å². The molecule has 1 unspecified atom stereocenters. The molecule has 0 saturated carbocycles. The van der Waals surface area contributed by atoms with Gasteiger partial charge >= 0.3 is 12.1 Å². The summed E-state index contributed by atoms with van der Waals surface area (Å²) in [5, 5.41) is 10.7. The largest absolute Gasteiger partial charge is 0.481 e. The van der Waals surface area contributed by atoms with Gasteiger partial charge in [0.05, 0.1) is 0 Å². The van der Waals surface area contributed by atoms with E-state index in [0.29, 0.717) is 0 Å². The molecule has 0 fully saturated rings. The molecule has 0 aromatic rings. The van der Waals surface area contributed by atoms with Crippen molar-refractivity contribution in [1.82, 2.24) is 5.32 Å². The summed E-state index contributed by atoms with van der Waals surface area (Å²) < 4.78 is 4.92. The van der Waals surface area contributed by atoms with Gasteiger partial charge in [-0.2, -0.15) is 0 Å². The zero-order chi connectivity index (χ0) is 13.6. The van der Waals surface area contributed by atoms with Crippen molar-refractivity contribution in [3.8, 4) is 0 Å². The number of rotatable bonds is 5. The second kappa shape index (κ2) is 6.07. The van der Waals surface area contributed by atoms with Gasteiger partial charge in [0.1, 0.15) is 11.6 Å². The summed E-state index contributed by atoms with van der Waals surface area (Å²) in [4.78, 5) is 32.6. The number of amides is 2. The molecule has 0 aromatic carbocycles. The fourth-order valence-corrected chi connectivity index (χ4v) is 1.00. The number of nitrogens with one attached hydrogen (secondary N) is 1. The normalized spacial score (nSPS) is 12.6. The first-order valence-electron chi connectivity index (χ1n) is 5.12. The molecule has 0 aromatic heterocycles. The third-order valence-electron chi connectivity index (χ3n) is 1.68. The van der Waals surface area contributed by atoms with Crippen LogP contribution in [-0.2, 0) is 14.3 Å². The van der Waals surface area contributed by atoms with Crippen LogP contribution in [0.1, 0.15) is 33.6 Å². The fraction of sp³-hybridized carbons (Fsp3) is 0.700. The maximum absolute atomic E-state index is 11.3. The van der Waals surface area contributed by atoms with Crippen LogP contribution in [0.5, 0.6) is 0 Å². The predicted molar refractivity (Wildman–Crippen MR) is 59.2 cm³/mol. The highest BCUT2D eigenvalue weighted by Gasteiger charge is 2.23. The average Bonchev–Trinajstić information content (AvgIpc) is 2.08. The van der Waals surface area contributed by atoms with Crippen molar-refractivity contribution in [2.24, 2.45) is 5.73 Å². The molecule has 0 aliphatic heterocycles. The zero-order valence-electron chi connectivity index (χ0n) is 10.1. The van der Waals surface area contributed by atoms with Crippen molar-refractivity contribution in [3.63, 3.8) is 0 Å². The summed E-state index contributed by atoms with van der Waals surface area (Å²) >= 11 is 0. The molecule has 0 spiro atoms. The number of carboxylic acid groups (broad SMARTS) is 1. The van der Waals surface area contributed by atoms with E-state index in [2.05, 4.69) is 5.32 Å². The molecule has 2 amide bonds. The van der Waals surface area contributed by atoms with Crippen LogP contribution in [0.4, 0.5) is 4.79 Å². The first kappa shape index (κ1) is 15.2. The second-order valence-corrected chi connectivity index (χ2v) is 4.53. The van der Waals surface area contributed by atoms with E-state index >= 15 is 0 Å². The molecule has 0 aliphatic carbocycles. The highest BCUT2D eigenvalue weighted by molar-refractivity contribution is 5.84. The highest BCUT2D eigenvalue weighted by Crippen LogP contribution is 2.07. The van der Waals surface area contributed by atoms with Gasteiger partial charge in [0.2, 0.25) is 5.91 Å². The first-order chi connectivity index (χ1) is 7.61. The molecule has 0 saturated heterocycles. The number of ether oxygens (including phenoxy) is 1. The Morgan fingerprint density at radius 3 is 2.24 bits per heavy atom. The average molecular weight is 246 g/mol. The van der Waals surface area contributed by atoms with E-state index in [0.717, 1.165) is 0 Å². The molecule has 98 valence electrons. The smallest absolute Gasteiger partial charge is 0.408 e. The minimum atomic E-state index is -1.07. The van der Waals surface area contributed by atoms with Crippen LogP contribution in [0.25, 0.3) is 0 Å². The van der Waals surface area contributed by atoms with Gasteiger partial charge in [0.15, 0.2) is 0 Å². The van der Waals surface area contributed by atoms with Crippen LogP contribution in [-0.4, -0.2) is 34.7 Å². The predicted octanol–water partition coefficient (Wildman–Crippen LogP) is 0.230. The van der Waals surface area contributed by atoms with Gasteiger partial charge < -0.3 is 20.9 Å². The number of hydrogen-bond donors (Lipinski definition) is 3. The number of carboxylic acids is 1. The highest BCUT2D eigenvalue weighted by atomic mass is 16.6. The van der Waals surface area contributed by atoms with Gasteiger partial charge in [0, 0.05) is 6.42 Å². The quantitative estimate of drug-likeness (QED) is 0.641. The number of hydrogen-bond acceptors (Lipinski definition) is 4. The Balaban J connectivity index is 4.30. The van der Waals surface area contributed by atoms with E-state index in [9.17, 15) is 14.4 Å². The van der Waals surface area contributed by atoms with Crippen molar-refractivity contribution in [1.29, 1.82) is 0 Å². The van der Waals surface area contributed by atoms with Gasteiger partial charge in [-0.05, 0) is 27.2 Å². The van der Waals surface area contributed by atoms with Crippen LogP contribution in [0.15, 0.2) is 0 Å². The minimum absolute atomic E-state index is 0.0656. The molecular formula is C10H18N2O5. The van der Waals surface area contributed by atoms with E-state index in [1.165, 1.54) is 0 Å². The van der Waals surface area contributed by atoms with E-state index in [-0.39, 0.29) is 12.8 Å². The van der Waals surface area contributed by atoms with Crippen molar-refractivity contribution in [2.75, 3.05) is 0 Å². The van der Waals surface area contributed by atoms with Gasteiger partial charge in [-0.15, -0.1) is 0 Å². The Morgan fingerprint density at radius 1 is 1.35 bits per heavy atom. The Hall–Kier alpha value is -1.79. The molecule has 0 radical (unpaired) electrons. The van der Waals surface area contributed by atoms with E-state index in [1.807, 2.05) is 0 Å². The van der Waals surface area contributed by atoms with Crippen molar-refractivity contribution < 1.29 is 24.2 Å². The number of alkyl carbamates (subject to hydrolysis) is 1. The van der Waals surface area contributed by atoms with Crippen LogP contribution in [0.2, 0.25) is 0 Å². The van der Waals surface area contributed by atoms with Crippen LogP contribution in [0, 0.1) is 0 Å². The molecule has 0 bridgehead atoms. The van der Waals surface area contributed by atoms with E-state index in [4.69, 9.17) is 15.6 Å². The Morgan fingerprint density at radius 2 is 1.88 bits per heavy atom. The van der Waals surface area contributed by atoms with E-state index < -0.39 is 29.6 Å². The SMILES string of the molecule is CC(C)(C)OC(=O)NC(CCC(=O)O)C(N)=O. The third kappa shape index (κ3) is 8.06.